The van der Waals surface area contributed by atoms with E-state index in [1.165, 1.54) is 6.07 Å². The van der Waals surface area contributed by atoms with Crippen molar-refractivity contribution in [2.75, 3.05) is 32.3 Å². The van der Waals surface area contributed by atoms with Crippen LogP contribution in [0, 0.1) is 17.1 Å². The Morgan fingerprint density at radius 3 is 2.84 bits per heavy atom. The fourth-order valence-corrected chi connectivity index (χ4v) is 2.50. The summed E-state index contributed by atoms with van der Waals surface area (Å²) in [6.45, 7) is 1.16. The van der Waals surface area contributed by atoms with Gasteiger partial charge in [-0.1, -0.05) is 0 Å². The number of anilines is 1. The summed E-state index contributed by atoms with van der Waals surface area (Å²) in [6, 6.07) is 6.57. The van der Waals surface area contributed by atoms with E-state index >= 15 is 0 Å². The third kappa shape index (κ3) is 2.86. The van der Waals surface area contributed by atoms with Gasteiger partial charge >= 0.3 is 0 Å². The number of nitriles is 1. The first-order chi connectivity index (χ1) is 9.19. The van der Waals surface area contributed by atoms with E-state index in [9.17, 15) is 4.39 Å². The van der Waals surface area contributed by atoms with Crippen molar-refractivity contribution in [1.29, 1.82) is 5.26 Å². The van der Waals surface area contributed by atoms with Crippen molar-refractivity contribution in [1.82, 2.24) is 0 Å². The highest BCUT2D eigenvalue weighted by Gasteiger charge is 2.33. The molecule has 0 spiro atoms. The van der Waals surface area contributed by atoms with Gasteiger partial charge in [-0.3, -0.25) is 0 Å². The second-order valence-electron chi connectivity index (χ2n) is 4.63. The van der Waals surface area contributed by atoms with Crippen molar-refractivity contribution in [3.05, 3.63) is 29.6 Å². The van der Waals surface area contributed by atoms with E-state index in [0.717, 1.165) is 6.42 Å². The summed E-state index contributed by atoms with van der Waals surface area (Å²) in [6.07, 6.45) is 0.888. The Balaban J connectivity index is 2.26. The molecule has 1 heterocycles. The molecule has 19 heavy (non-hydrogen) atoms. The molecule has 0 N–H and O–H groups in total. The molecule has 0 aromatic heterocycles. The van der Waals surface area contributed by atoms with E-state index in [1.807, 2.05) is 11.0 Å². The van der Waals surface area contributed by atoms with Crippen molar-refractivity contribution in [3.8, 4) is 6.07 Å². The summed E-state index contributed by atoms with van der Waals surface area (Å²) in [7, 11) is 3.29. The molecule has 0 aliphatic carbocycles. The van der Waals surface area contributed by atoms with Crippen LogP contribution in [0.5, 0.6) is 0 Å². The Bertz CT molecular complexity index is 487. The molecule has 4 nitrogen and oxygen atoms in total. The van der Waals surface area contributed by atoms with E-state index < -0.39 is 0 Å². The third-order valence-corrected chi connectivity index (χ3v) is 3.45. The molecular formula is C14H17FN2O2. The zero-order valence-electron chi connectivity index (χ0n) is 11.1. The number of benzene rings is 1. The molecule has 1 aromatic carbocycles. The molecule has 1 fully saturated rings. The van der Waals surface area contributed by atoms with Gasteiger partial charge in [-0.15, -0.1) is 0 Å². The van der Waals surface area contributed by atoms with E-state index in [2.05, 4.69) is 0 Å². The second kappa shape index (κ2) is 6.00. The van der Waals surface area contributed by atoms with Gasteiger partial charge in [0.1, 0.15) is 5.82 Å². The highest BCUT2D eigenvalue weighted by atomic mass is 19.1. The fourth-order valence-electron chi connectivity index (χ4n) is 2.50. The van der Waals surface area contributed by atoms with Crippen molar-refractivity contribution < 1.29 is 13.9 Å². The topological polar surface area (TPSA) is 45.5 Å². The Labute approximate surface area is 112 Å². The number of ether oxygens (including phenoxy) is 2. The summed E-state index contributed by atoms with van der Waals surface area (Å²) in [5.41, 5.74) is 0.827. The summed E-state index contributed by atoms with van der Waals surface area (Å²) in [4.78, 5) is 1.95. The lowest BCUT2D eigenvalue weighted by atomic mass is 10.1. The predicted octanol–water partition coefficient (Wildman–Crippen LogP) is 1.94. The van der Waals surface area contributed by atoms with Crippen LogP contribution in [-0.2, 0) is 9.47 Å². The monoisotopic (exact) mass is 264 g/mol. The van der Waals surface area contributed by atoms with Crippen LogP contribution in [0.3, 0.4) is 0 Å². The van der Waals surface area contributed by atoms with Crippen LogP contribution in [0.2, 0.25) is 0 Å². The van der Waals surface area contributed by atoms with E-state index in [-0.39, 0.29) is 18.0 Å². The highest BCUT2D eigenvalue weighted by Crippen LogP contribution is 2.29. The number of methoxy groups -OCH3 is 2. The van der Waals surface area contributed by atoms with Crippen LogP contribution in [0.15, 0.2) is 18.2 Å². The molecule has 1 aliphatic rings. The first-order valence-corrected chi connectivity index (χ1v) is 6.17. The average Bonchev–Trinajstić information content (AvgIpc) is 2.82. The Morgan fingerprint density at radius 1 is 1.47 bits per heavy atom. The van der Waals surface area contributed by atoms with E-state index in [0.29, 0.717) is 24.4 Å². The first-order valence-electron chi connectivity index (χ1n) is 6.17. The van der Waals surface area contributed by atoms with Crippen LogP contribution in [-0.4, -0.2) is 39.5 Å². The zero-order valence-corrected chi connectivity index (χ0v) is 11.1. The van der Waals surface area contributed by atoms with Crippen LogP contribution in [0.4, 0.5) is 10.1 Å². The molecular weight excluding hydrogens is 247 g/mol. The Hall–Kier alpha value is -1.64. The van der Waals surface area contributed by atoms with Gasteiger partial charge in [0.15, 0.2) is 0 Å². The summed E-state index contributed by atoms with van der Waals surface area (Å²) < 4.78 is 24.6. The van der Waals surface area contributed by atoms with Gasteiger partial charge in [-0.25, -0.2) is 4.39 Å². The summed E-state index contributed by atoms with van der Waals surface area (Å²) in [5.74, 6) is -0.378. The maximum absolute atomic E-state index is 14.1. The number of hydrogen-bond donors (Lipinski definition) is 0. The molecule has 1 aliphatic heterocycles. The van der Waals surface area contributed by atoms with E-state index in [4.69, 9.17) is 14.7 Å². The fraction of sp³-hybridized carbons (Fsp3) is 0.500. The number of hydrogen-bond acceptors (Lipinski definition) is 4. The van der Waals surface area contributed by atoms with Crippen LogP contribution >= 0.6 is 0 Å². The number of halogens is 1. The lowest BCUT2D eigenvalue weighted by Gasteiger charge is -2.26. The molecule has 0 bridgehead atoms. The van der Waals surface area contributed by atoms with Crippen molar-refractivity contribution in [2.45, 2.75) is 18.6 Å². The van der Waals surface area contributed by atoms with Gasteiger partial charge < -0.3 is 14.4 Å². The van der Waals surface area contributed by atoms with Crippen LogP contribution in [0.1, 0.15) is 12.0 Å². The Kier molecular flexibility index (Phi) is 4.35. The minimum absolute atomic E-state index is 0.0789. The maximum Gasteiger partial charge on any atom is 0.147 e. The quantitative estimate of drug-likeness (QED) is 0.833. The second-order valence-corrected chi connectivity index (χ2v) is 4.63. The maximum atomic E-state index is 14.1. The molecule has 0 radical (unpaired) electrons. The van der Waals surface area contributed by atoms with Crippen molar-refractivity contribution >= 4 is 5.69 Å². The molecule has 0 amide bonds. The van der Waals surface area contributed by atoms with Gasteiger partial charge in [0.05, 0.1) is 36.1 Å². The minimum Gasteiger partial charge on any atom is -0.383 e. The van der Waals surface area contributed by atoms with Gasteiger partial charge in [0, 0.05) is 20.8 Å². The largest absolute Gasteiger partial charge is 0.383 e. The lowest BCUT2D eigenvalue weighted by Crippen LogP contribution is -2.33. The summed E-state index contributed by atoms with van der Waals surface area (Å²) >= 11 is 0. The molecule has 1 aromatic rings. The number of nitrogens with zero attached hydrogens (tertiary/aromatic N) is 2. The number of rotatable bonds is 4. The minimum atomic E-state index is -0.378. The highest BCUT2D eigenvalue weighted by molar-refractivity contribution is 5.53. The Morgan fingerprint density at radius 2 is 2.26 bits per heavy atom. The average molecular weight is 264 g/mol. The van der Waals surface area contributed by atoms with Gasteiger partial charge in [-0.05, 0) is 24.6 Å². The molecule has 5 heteroatoms. The molecule has 0 unspecified atom stereocenters. The standard InChI is InChI=1S/C14H17FN2O2/c1-18-9-11-6-12(19-2)8-17(11)14-4-3-10(7-16)5-13(14)15/h3-5,11-12H,6,8-9H2,1-2H3/t11-,12-/m0/s1. The smallest absolute Gasteiger partial charge is 0.147 e. The van der Waals surface area contributed by atoms with Gasteiger partial charge in [0.25, 0.3) is 0 Å². The van der Waals surface area contributed by atoms with Gasteiger partial charge in [0.2, 0.25) is 0 Å². The van der Waals surface area contributed by atoms with Gasteiger partial charge in [-0.2, -0.15) is 5.26 Å². The van der Waals surface area contributed by atoms with Crippen molar-refractivity contribution in [3.63, 3.8) is 0 Å². The molecule has 0 saturated carbocycles. The van der Waals surface area contributed by atoms with Crippen LogP contribution in [0.25, 0.3) is 0 Å². The van der Waals surface area contributed by atoms with Crippen LogP contribution < -0.4 is 4.90 Å². The SMILES string of the molecule is COC[C@@H]1C[C@H](OC)CN1c1ccc(C#N)cc1F. The van der Waals surface area contributed by atoms with Crippen molar-refractivity contribution in [2.24, 2.45) is 0 Å². The molecule has 102 valence electrons. The summed E-state index contributed by atoms with van der Waals surface area (Å²) in [5, 5.41) is 8.76. The predicted molar refractivity (Wildman–Crippen MR) is 69.5 cm³/mol. The first kappa shape index (κ1) is 13.8. The zero-order chi connectivity index (χ0) is 13.8. The molecule has 2 atom stereocenters. The lowest BCUT2D eigenvalue weighted by molar-refractivity contribution is 0.111. The molecule has 1 saturated heterocycles. The normalized spacial score (nSPS) is 22.5. The molecule has 2 rings (SSSR count). The van der Waals surface area contributed by atoms with E-state index in [1.54, 1.807) is 26.4 Å². The third-order valence-electron chi connectivity index (χ3n) is 3.45.